The summed E-state index contributed by atoms with van der Waals surface area (Å²) < 4.78 is 11.1. The van der Waals surface area contributed by atoms with Crippen LogP contribution in [-0.4, -0.2) is 31.4 Å². The van der Waals surface area contributed by atoms with Crippen LogP contribution < -0.4 is 9.64 Å². The highest BCUT2D eigenvalue weighted by molar-refractivity contribution is 7.10. The van der Waals surface area contributed by atoms with Gasteiger partial charge in [-0.25, -0.2) is 4.79 Å². The normalized spacial score (nSPS) is 17.7. The minimum Gasteiger partial charge on any atom is -0.464 e. The number of carbonyl (C=O) groups is 3. The molecule has 0 saturated heterocycles. The van der Waals surface area contributed by atoms with Gasteiger partial charge in [0.1, 0.15) is 5.75 Å². The minimum absolute atomic E-state index is 0.155. The van der Waals surface area contributed by atoms with Crippen molar-refractivity contribution in [1.82, 2.24) is 0 Å². The number of anilines is 1. The summed E-state index contributed by atoms with van der Waals surface area (Å²) in [6.07, 6.45) is 0.985. The van der Waals surface area contributed by atoms with Crippen molar-refractivity contribution in [3.05, 3.63) is 81.5 Å². The van der Waals surface area contributed by atoms with Crippen molar-refractivity contribution in [3.63, 3.8) is 0 Å². The fraction of sp³-hybridized carbons (Fsp3) is 0.345. The van der Waals surface area contributed by atoms with E-state index in [1.54, 1.807) is 49.2 Å². The van der Waals surface area contributed by atoms with E-state index in [1.807, 2.05) is 24.4 Å². The number of ketones is 1. The van der Waals surface area contributed by atoms with Gasteiger partial charge < -0.3 is 14.4 Å². The first-order valence-corrected chi connectivity index (χ1v) is 13.0. The highest BCUT2D eigenvalue weighted by atomic mass is 32.1. The third-order valence-corrected chi connectivity index (χ3v) is 7.53. The van der Waals surface area contributed by atoms with Gasteiger partial charge in [0.2, 0.25) is 11.3 Å². The maximum atomic E-state index is 13.6. The molecule has 188 valence electrons. The number of rotatable bonds is 8. The zero-order chi connectivity index (χ0) is 26.0. The van der Waals surface area contributed by atoms with E-state index < -0.39 is 23.4 Å². The summed E-state index contributed by atoms with van der Waals surface area (Å²) in [5, 5.41) is 1.82. The molecule has 1 aromatic heterocycles. The van der Waals surface area contributed by atoms with Gasteiger partial charge in [-0.15, -0.1) is 11.3 Å². The van der Waals surface area contributed by atoms with Crippen molar-refractivity contribution in [1.29, 1.82) is 0 Å². The number of esters is 2. The average Bonchev–Trinajstić information content (AvgIpc) is 3.45. The molecule has 0 radical (unpaired) electrons. The first-order valence-electron chi connectivity index (χ1n) is 12.1. The number of benzene rings is 2. The Morgan fingerprint density at radius 3 is 2.39 bits per heavy atom. The van der Waals surface area contributed by atoms with E-state index in [-0.39, 0.29) is 12.4 Å². The van der Waals surface area contributed by atoms with Crippen LogP contribution in [0.15, 0.2) is 60.0 Å². The molecule has 2 heterocycles. The van der Waals surface area contributed by atoms with Crippen LogP contribution >= 0.6 is 11.3 Å². The smallest absolute Gasteiger partial charge is 0.345 e. The van der Waals surface area contributed by atoms with Gasteiger partial charge >= 0.3 is 11.9 Å². The molecule has 0 aliphatic carbocycles. The number of likely N-dealkylation sites (N-methyl/N-ethyl adjacent to an activating group) is 1. The molecule has 1 aliphatic heterocycles. The molecule has 0 spiro atoms. The van der Waals surface area contributed by atoms with Crippen LogP contribution in [-0.2, 0) is 26.3 Å². The van der Waals surface area contributed by atoms with Gasteiger partial charge in [0.15, 0.2) is 0 Å². The van der Waals surface area contributed by atoms with Crippen molar-refractivity contribution in [2.24, 2.45) is 5.92 Å². The second-order valence-electron chi connectivity index (χ2n) is 9.46. The monoisotopic (exact) mass is 505 g/mol. The van der Waals surface area contributed by atoms with E-state index in [0.717, 1.165) is 12.0 Å². The lowest BCUT2D eigenvalue weighted by Crippen LogP contribution is -2.52. The SMILES string of the molecule is CCOC(=O)[C@@]1(c2cccs2)C(=O)c2ccc(OC(=O)[C@@H](C)c3ccc(CC(C)C)cc3)cc2N1C. The molecule has 7 heteroatoms. The van der Waals surface area contributed by atoms with E-state index in [1.165, 1.54) is 16.9 Å². The van der Waals surface area contributed by atoms with Gasteiger partial charge in [0, 0.05) is 23.6 Å². The molecular formula is C29H31NO5S. The highest BCUT2D eigenvalue weighted by Crippen LogP contribution is 2.47. The lowest BCUT2D eigenvalue weighted by molar-refractivity contribution is -0.147. The standard InChI is InChI=1S/C29H31NO5S/c1-6-34-28(33)29(25-8-7-15-36-25)26(31)23-14-13-22(17-24(23)30(29)5)35-27(32)19(4)21-11-9-20(10-12-21)16-18(2)3/h7-15,17-19H,6,16H2,1-5H3/t19-,29+/m0/s1. The van der Waals surface area contributed by atoms with E-state index in [9.17, 15) is 14.4 Å². The molecule has 0 saturated carbocycles. The maximum absolute atomic E-state index is 13.6. The fourth-order valence-electron chi connectivity index (χ4n) is 4.65. The molecule has 4 rings (SSSR count). The minimum atomic E-state index is -1.60. The molecule has 1 aliphatic rings. The third kappa shape index (κ3) is 4.44. The first-order chi connectivity index (χ1) is 17.2. The summed E-state index contributed by atoms with van der Waals surface area (Å²) in [4.78, 5) is 42.0. The van der Waals surface area contributed by atoms with E-state index in [4.69, 9.17) is 9.47 Å². The van der Waals surface area contributed by atoms with E-state index >= 15 is 0 Å². The van der Waals surface area contributed by atoms with Gasteiger partial charge in [-0.2, -0.15) is 0 Å². The molecule has 0 fully saturated rings. The average molecular weight is 506 g/mol. The molecular weight excluding hydrogens is 474 g/mol. The molecule has 36 heavy (non-hydrogen) atoms. The van der Waals surface area contributed by atoms with Crippen LogP contribution in [0.5, 0.6) is 5.75 Å². The number of Topliss-reactive ketones (excluding diaryl/α,β-unsaturated/α-hetero) is 1. The Morgan fingerprint density at radius 1 is 1.06 bits per heavy atom. The zero-order valence-electron chi connectivity index (χ0n) is 21.2. The Morgan fingerprint density at radius 2 is 1.78 bits per heavy atom. The third-order valence-electron chi connectivity index (χ3n) is 6.55. The molecule has 0 unspecified atom stereocenters. The Labute approximate surface area is 215 Å². The lowest BCUT2D eigenvalue weighted by Gasteiger charge is -2.32. The molecule has 0 amide bonds. The van der Waals surface area contributed by atoms with Gasteiger partial charge in [0.05, 0.1) is 18.2 Å². The van der Waals surface area contributed by atoms with Crippen molar-refractivity contribution < 1.29 is 23.9 Å². The highest BCUT2D eigenvalue weighted by Gasteiger charge is 2.59. The van der Waals surface area contributed by atoms with Gasteiger partial charge in [-0.05, 0) is 60.9 Å². The number of ether oxygens (including phenoxy) is 2. The van der Waals surface area contributed by atoms with Gasteiger partial charge in [-0.1, -0.05) is 44.2 Å². The van der Waals surface area contributed by atoms with Crippen LogP contribution in [0.25, 0.3) is 0 Å². The topological polar surface area (TPSA) is 72.9 Å². The number of hydrogen-bond donors (Lipinski definition) is 0. The number of nitrogens with zero attached hydrogens (tertiary/aromatic N) is 1. The molecule has 0 N–H and O–H groups in total. The molecule has 2 aromatic carbocycles. The number of thiophene rings is 1. The Kier molecular flexibility index (Phi) is 7.31. The number of carbonyl (C=O) groups excluding carboxylic acids is 3. The summed E-state index contributed by atoms with van der Waals surface area (Å²) in [5.74, 6) is -0.959. The largest absolute Gasteiger partial charge is 0.464 e. The summed E-state index contributed by atoms with van der Waals surface area (Å²) in [6, 6.07) is 16.4. The van der Waals surface area contributed by atoms with Gasteiger partial charge in [0.25, 0.3) is 0 Å². The number of hydrogen-bond acceptors (Lipinski definition) is 7. The molecule has 6 nitrogen and oxygen atoms in total. The fourth-order valence-corrected chi connectivity index (χ4v) is 5.60. The second-order valence-corrected chi connectivity index (χ2v) is 10.4. The van der Waals surface area contributed by atoms with Crippen molar-refractivity contribution in [2.45, 2.75) is 45.6 Å². The lowest BCUT2D eigenvalue weighted by atomic mass is 9.91. The molecule has 0 bridgehead atoms. The predicted octanol–water partition coefficient (Wildman–Crippen LogP) is 5.75. The van der Waals surface area contributed by atoms with Gasteiger partial charge in [-0.3, -0.25) is 9.59 Å². The summed E-state index contributed by atoms with van der Waals surface area (Å²) in [5.41, 5.74) is 1.40. The van der Waals surface area contributed by atoms with Crippen LogP contribution in [0.1, 0.15) is 60.0 Å². The Balaban J connectivity index is 1.58. The van der Waals surface area contributed by atoms with Crippen LogP contribution in [0.3, 0.4) is 0 Å². The Hall–Kier alpha value is -3.45. The maximum Gasteiger partial charge on any atom is 0.345 e. The molecule has 3 aromatic rings. The van der Waals surface area contributed by atoms with Crippen molar-refractivity contribution in [3.8, 4) is 5.75 Å². The molecule has 2 atom stereocenters. The van der Waals surface area contributed by atoms with Crippen LogP contribution in [0.4, 0.5) is 5.69 Å². The van der Waals surface area contributed by atoms with Crippen LogP contribution in [0.2, 0.25) is 0 Å². The summed E-state index contributed by atoms with van der Waals surface area (Å²) >= 11 is 1.32. The predicted molar refractivity (Wildman–Crippen MR) is 141 cm³/mol. The quantitative estimate of drug-likeness (QED) is 0.221. The zero-order valence-corrected chi connectivity index (χ0v) is 22.1. The first kappa shape index (κ1) is 25.6. The number of fused-ring (bicyclic) bond motifs is 1. The summed E-state index contributed by atoms with van der Waals surface area (Å²) in [7, 11) is 1.69. The second kappa shape index (κ2) is 10.3. The van der Waals surface area contributed by atoms with E-state index in [0.29, 0.717) is 27.8 Å². The van der Waals surface area contributed by atoms with Crippen molar-refractivity contribution >= 4 is 34.7 Å². The Bertz CT molecular complexity index is 1270. The van der Waals surface area contributed by atoms with E-state index in [2.05, 4.69) is 26.0 Å². The van der Waals surface area contributed by atoms with Crippen LogP contribution in [0, 0.1) is 5.92 Å². The van der Waals surface area contributed by atoms with Crippen molar-refractivity contribution in [2.75, 3.05) is 18.6 Å². The summed E-state index contributed by atoms with van der Waals surface area (Å²) in [6.45, 7) is 8.02.